The first-order valence-corrected chi connectivity index (χ1v) is 6.04. The van der Waals surface area contributed by atoms with Gasteiger partial charge < -0.3 is 22.0 Å². The summed E-state index contributed by atoms with van der Waals surface area (Å²) in [6.45, 7) is 5.61. The number of anilines is 1. The Hall–Kier alpha value is -1.32. The van der Waals surface area contributed by atoms with Gasteiger partial charge in [0.25, 0.3) is 0 Å². The molecule has 0 radical (unpaired) electrons. The average Bonchev–Trinajstić information content (AvgIpc) is 2.39. The molecule has 18 heavy (non-hydrogen) atoms. The van der Waals surface area contributed by atoms with E-state index in [1.54, 1.807) is 0 Å². The van der Waals surface area contributed by atoms with E-state index < -0.39 is 0 Å². The molecule has 0 unspecified atom stereocenters. The van der Waals surface area contributed by atoms with Crippen molar-refractivity contribution in [3.05, 3.63) is 36.0 Å². The Balaban J connectivity index is 0.00000120. The van der Waals surface area contributed by atoms with Crippen molar-refractivity contribution in [1.29, 1.82) is 0 Å². The molecule has 1 saturated heterocycles. The van der Waals surface area contributed by atoms with Crippen molar-refractivity contribution in [2.24, 2.45) is 0 Å². The second kappa shape index (κ2) is 5.55. The predicted octanol–water partition coefficient (Wildman–Crippen LogP) is -0.616. The highest BCUT2D eigenvalue weighted by Gasteiger charge is 2.14. The third kappa shape index (κ3) is 2.42. The van der Waals surface area contributed by atoms with Gasteiger partial charge >= 0.3 is 0 Å². The molecule has 0 atom stereocenters. The van der Waals surface area contributed by atoms with Crippen LogP contribution in [-0.2, 0) is 4.74 Å². The van der Waals surface area contributed by atoms with Gasteiger partial charge in [-0.25, -0.2) is 0 Å². The number of para-hydroxylation sites is 1. The number of aromatic nitrogens is 1. The van der Waals surface area contributed by atoms with E-state index in [4.69, 9.17) is 4.74 Å². The second-order valence-corrected chi connectivity index (χ2v) is 4.40. The summed E-state index contributed by atoms with van der Waals surface area (Å²) in [7, 11) is 0. The Morgan fingerprint density at radius 2 is 1.89 bits per heavy atom. The Morgan fingerprint density at radius 3 is 2.67 bits per heavy atom. The van der Waals surface area contributed by atoms with Gasteiger partial charge in [-0.1, -0.05) is 18.2 Å². The van der Waals surface area contributed by atoms with E-state index in [1.807, 2.05) is 6.07 Å². The van der Waals surface area contributed by atoms with Gasteiger partial charge in [0, 0.05) is 29.9 Å². The molecule has 0 N–H and O–H groups in total. The van der Waals surface area contributed by atoms with Crippen molar-refractivity contribution >= 4 is 16.6 Å². The Morgan fingerprint density at radius 1 is 1.17 bits per heavy atom. The highest BCUT2D eigenvalue weighted by molar-refractivity contribution is 5.92. The third-order valence-corrected chi connectivity index (χ3v) is 3.17. The van der Waals surface area contributed by atoms with Crippen LogP contribution in [0.2, 0.25) is 0 Å². The largest absolute Gasteiger partial charge is 1.00 e. The molecule has 0 spiro atoms. The van der Waals surface area contributed by atoms with Crippen molar-refractivity contribution in [2.75, 3.05) is 31.2 Å². The van der Waals surface area contributed by atoms with Crippen molar-refractivity contribution < 1.29 is 17.1 Å². The summed E-state index contributed by atoms with van der Waals surface area (Å²) >= 11 is 0. The molecule has 2 heterocycles. The normalized spacial score (nSPS) is 15.5. The van der Waals surface area contributed by atoms with E-state index in [0.717, 1.165) is 37.5 Å². The Bertz CT molecular complexity index is 538. The maximum absolute atomic E-state index is 5.41. The first kappa shape index (κ1) is 13.1. The number of halogens is 1. The first-order valence-electron chi connectivity index (χ1n) is 6.04. The minimum atomic E-state index is 0. The number of hydrogen-bond donors (Lipinski definition) is 0. The number of rotatable bonds is 1. The van der Waals surface area contributed by atoms with E-state index in [1.165, 1.54) is 11.1 Å². The Kier molecular flexibility index (Phi) is 4.04. The van der Waals surface area contributed by atoms with E-state index >= 15 is 0 Å². The maximum atomic E-state index is 5.41. The first-order chi connectivity index (χ1) is 8.34. The molecule has 1 aliphatic rings. The van der Waals surface area contributed by atoms with E-state index in [2.05, 4.69) is 41.1 Å². The smallest absolute Gasteiger partial charge is 0.0726 e. The fourth-order valence-corrected chi connectivity index (χ4v) is 2.35. The summed E-state index contributed by atoms with van der Waals surface area (Å²) in [4.78, 5) is 6.96. The SMILES string of the molecule is Cc1cc(N2CCOCC2)c2ccccc2n1.[Cl-]. The molecule has 2 aromatic rings. The zero-order chi connectivity index (χ0) is 11.7. The van der Waals surface area contributed by atoms with Crippen molar-refractivity contribution in [2.45, 2.75) is 6.92 Å². The Labute approximate surface area is 113 Å². The van der Waals surface area contributed by atoms with Gasteiger partial charge in [-0.2, -0.15) is 0 Å². The molecule has 1 aromatic carbocycles. The van der Waals surface area contributed by atoms with E-state index in [9.17, 15) is 0 Å². The molecular formula is C14H16ClN2O-. The van der Waals surface area contributed by atoms with E-state index in [-0.39, 0.29) is 12.4 Å². The van der Waals surface area contributed by atoms with Gasteiger partial charge in [0.1, 0.15) is 0 Å². The molecule has 4 heteroatoms. The number of ether oxygens (including phenoxy) is 1. The molecule has 1 aromatic heterocycles. The van der Waals surface area contributed by atoms with Crippen LogP contribution in [0.4, 0.5) is 5.69 Å². The van der Waals surface area contributed by atoms with Crippen LogP contribution in [0.5, 0.6) is 0 Å². The number of fused-ring (bicyclic) bond motifs is 1. The zero-order valence-corrected chi connectivity index (χ0v) is 11.2. The van der Waals surface area contributed by atoms with Crippen molar-refractivity contribution in [1.82, 2.24) is 4.98 Å². The molecule has 0 saturated carbocycles. The summed E-state index contributed by atoms with van der Waals surface area (Å²) in [5, 5.41) is 1.24. The van der Waals surface area contributed by atoms with Crippen LogP contribution in [0, 0.1) is 6.92 Å². The minimum Gasteiger partial charge on any atom is -1.00 e. The molecule has 96 valence electrons. The summed E-state index contributed by atoms with van der Waals surface area (Å²) in [6, 6.07) is 10.5. The van der Waals surface area contributed by atoms with Gasteiger partial charge in [0.2, 0.25) is 0 Å². The molecular weight excluding hydrogens is 248 g/mol. The summed E-state index contributed by atoms with van der Waals surface area (Å²) < 4.78 is 5.41. The average molecular weight is 264 g/mol. The van der Waals surface area contributed by atoms with Crippen LogP contribution >= 0.6 is 0 Å². The van der Waals surface area contributed by atoms with Crippen LogP contribution < -0.4 is 17.3 Å². The monoisotopic (exact) mass is 263 g/mol. The van der Waals surface area contributed by atoms with E-state index in [0.29, 0.717) is 0 Å². The summed E-state index contributed by atoms with van der Waals surface area (Å²) in [6.07, 6.45) is 0. The zero-order valence-electron chi connectivity index (χ0n) is 10.4. The van der Waals surface area contributed by atoms with Crippen LogP contribution in [0.15, 0.2) is 30.3 Å². The fourth-order valence-electron chi connectivity index (χ4n) is 2.35. The van der Waals surface area contributed by atoms with Crippen LogP contribution in [-0.4, -0.2) is 31.3 Å². The number of pyridine rings is 1. The van der Waals surface area contributed by atoms with Crippen molar-refractivity contribution in [3.8, 4) is 0 Å². The lowest BCUT2D eigenvalue weighted by atomic mass is 10.1. The molecule has 0 aliphatic carbocycles. The minimum absolute atomic E-state index is 0. The van der Waals surface area contributed by atoms with Gasteiger partial charge in [0.15, 0.2) is 0 Å². The number of nitrogens with zero attached hydrogens (tertiary/aromatic N) is 2. The third-order valence-electron chi connectivity index (χ3n) is 3.17. The van der Waals surface area contributed by atoms with Crippen LogP contribution in [0.3, 0.4) is 0 Å². The highest BCUT2D eigenvalue weighted by atomic mass is 35.5. The lowest BCUT2D eigenvalue weighted by molar-refractivity contribution is -0.00000430. The standard InChI is InChI=1S/C14H16N2O.ClH/c1-11-10-14(16-6-8-17-9-7-16)12-4-2-3-5-13(12)15-11;/h2-5,10H,6-9H2,1H3;1H/p-1. The number of morpholine rings is 1. The summed E-state index contributed by atoms with van der Waals surface area (Å²) in [5.74, 6) is 0. The maximum Gasteiger partial charge on any atom is 0.0726 e. The van der Waals surface area contributed by atoms with Gasteiger partial charge in [0.05, 0.1) is 18.7 Å². The van der Waals surface area contributed by atoms with Gasteiger partial charge in [-0.3, -0.25) is 4.98 Å². The number of aryl methyl sites for hydroxylation is 1. The molecule has 1 fully saturated rings. The lowest BCUT2D eigenvalue weighted by Gasteiger charge is -2.30. The molecule has 3 nitrogen and oxygen atoms in total. The molecule has 0 amide bonds. The number of benzene rings is 1. The van der Waals surface area contributed by atoms with Crippen LogP contribution in [0.25, 0.3) is 10.9 Å². The van der Waals surface area contributed by atoms with Gasteiger partial charge in [-0.15, -0.1) is 0 Å². The van der Waals surface area contributed by atoms with Gasteiger partial charge in [-0.05, 0) is 19.1 Å². The summed E-state index contributed by atoms with van der Waals surface area (Å²) in [5.41, 5.74) is 3.44. The lowest BCUT2D eigenvalue weighted by Crippen LogP contribution is -3.00. The quantitative estimate of drug-likeness (QED) is 0.686. The molecule has 0 bridgehead atoms. The topological polar surface area (TPSA) is 25.4 Å². The second-order valence-electron chi connectivity index (χ2n) is 4.40. The highest BCUT2D eigenvalue weighted by Crippen LogP contribution is 2.27. The number of hydrogen-bond acceptors (Lipinski definition) is 3. The van der Waals surface area contributed by atoms with Crippen LogP contribution in [0.1, 0.15) is 5.69 Å². The molecule has 1 aliphatic heterocycles. The fraction of sp³-hybridized carbons (Fsp3) is 0.357. The molecule has 3 rings (SSSR count). The van der Waals surface area contributed by atoms with Crippen molar-refractivity contribution in [3.63, 3.8) is 0 Å². The predicted molar refractivity (Wildman–Crippen MR) is 69.5 cm³/mol.